The van der Waals surface area contributed by atoms with Gasteiger partial charge in [0.25, 0.3) is 0 Å². The van der Waals surface area contributed by atoms with Crippen LogP contribution in [0.2, 0.25) is 0 Å². The van der Waals surface area contributed by atoms with Gasteiger partial charge in [0, 0.05) is 43.3 Å². The van der Waals surface area contributed by atoms with Crippen molar-refractivity contribution in [3.8, 4) is 0 Å². The number of nitrogens with zero attached hydrogens (tertiary/aromatic N) is 4. The molecule has 7 nitrogen and oxygen atoms in total. The van der Waals surface area contributed by atoms with E-state index in [1.165, 1.54) is 5.56 Å². The SMILES string of the molecule is O=C(O)C1CCN(c2nc3c(c(NCc4ccncc4)n2)CSCC3)CC1. The number of rotatable bonds is 5. The summed E-state index contributed by atoms with van der Waals surface area (Å²) in [5.41, 5.74) is 3.48. The third-order valence-electron chi connectivity index (χ3n) is 5.15. The van der Waals surface area contributed by atoms with Gasteiger partial charge >= 0.3 is 5.97 Å². The van der Waals surface area contributed by atoms with Gasteiger partial charge in [-0.1, -0.05) is 0 Å². The Balaban J connectivity index is 1.55. The lowest BCUT2D eigenvalue weighted by Crippen LogP contribution is -2.37. The predicted octanol–water partition coefficient (Wildman–Crippen LogP) is 2.57. The van der Waals surface area contributed by atoms with Crippen LogP contribution in [0.5, 0.6) is 0 Å². The summed E-state index contributed by atoms with van der Waals surface area (Å²) in [6.45, 7) is 2.07. The number of aryl methyl sites for hydroxylation is 1. The van der Waals surface area contributed by atoms with Crippen LogP contribution in [0.3, 0.4) is 0 Å². The summed E-state index contributed by atoms with van der Waals surface area (Å²) in [6.07, 6.45) is 5.82. The molecule has 4 heterocycles. The molecule has 1 saturated heterocycles. The number of piperidine rings is 1. The fraction of sp³-hybridized carbons (Fsp3) is 0.474. The van der Waals surface area contributed by atoms with Crippen LogP contribution >= 0.6 is 11.8 Å². The van der Waals surface area contributed by atoms with Crippen LogP contribution in [0.15, 0.2) is 24.5 Å². The standard InChI is InChI=1S/C19H23N5O2S/c25-18(26)14-3-8-24(9-4-14)19-22-16-5-10-27-12-15(16)17(23-19)21-11-13-1-6-20-7-2-13/h1-2,6-7,14H,3-5,8-12H2,(H,25,26)(H,21,22,23). The van der Waals surface area contributed by atoms with Crippen molar-refractivity contribution in [2.24, 2.45) is 5.92 Å². The zero-order chi connectivity index (χ0) is 18.6. The van der Waals surface area contributed by atoms with Crippen LogP contribution in [0.4, 0.5) is 11.8 Å². The molecule has 2 N–H and O–H groups in total. The highest BCUT2D eigenvalue weighted by Gasteiger charge is 2.27. The third kappa shape index (κ3) is 4.16. The highest BCUT2D eigenvalue weighted by Crippen LogP contribution is 2.31. The first kappa shape index (κ1) is 18.0. The number of anilines is 2. The average molecular weight is 385 g/mol. The van der Waals surface area contributed by atoms with E-state index in [-0.39, 0.29) is 5.92 Å². The van der Waals surface area contributed by atoms with Crippen LogP contribution in [0.25, 0.3) is 0 Å². The van der Waals surface area contributed by atoms with E-state index in [0.29, 0.717) is 32.5 Å². The largest absolute Gasteiger partial charge is 0.481 e. The van der Waals surface area contributed by atoms with Crippen LogP contribution < -0.4 is 10.2 Å². The van der Waals surface area contributed by atoms with Gasteiger partial charge in [0.05, 0.1) is 11.6 Å². The van der Waals surface area contributed by atoms with E-state index in [4.69, 9.17) is 9.97 Å². The fourth-order valence-corrected chi connectivity index (χ4v) is 4.51. The number of hydrogen-bond acceptors (Lipinski definition) is 7. The van der Waals surface area contributed by atoms with Crippen molar-refractivity contribution in [1.82, 2.24) is 15.0 Å². The highest BCUT2D eigenvalue weighted by molar-refractivity contribution is 7.98. The lowest BCUT2D eigenvalue weighted by molar-refractivity contribution is -0.142. The average Bonchev–Trinajstić information content (AvgIpc) is 2.72. The number of carboxylic acid groups (broad SMARTS) is 1. The second-order valence-corrected chi connectivity index (χ2v) is 8.01. The number of carboxylic acids is 1. The number of hydrogen-bond donors (Lipinski definition) is 2. The summed E-state index contributed by atoms with van der Waals surface area (Å²) in [5, 5.41) is 12.7. The van der Waals surface area contributed by atoms with Crippen molar-refractivity contribution >= 4 is 29.5 Å². The molecule has 1 fully saturated rings. The monoisotopic (exact) mass is 385 g/mol. The number of aliphatic carboxylic acids is 1. The van der Waals surface area contributed by atoms with Crippen molar-refractivity contribution in [3.63, 3.8) is 0 Å². The summed E-state index contributed by atoms with van der Waals surface area (Å²) in [5.74, 6) is 2.68. The Bertz CT molecular complexity index is 809. The van der Waals surface area contributed by atoms with E-state index in [1.54, 1.807) is 12.4 Å². The molecule has 0 aromatic carbocycles. The molecular weight excluding hydrogens is 362 g/mol. The Labute approximate surface area is 162 Å². The minimum atomic E-state index is -0.697. The predicted molar refractivity (Wildman–Crippen MR) is 106 cm³/mol. The van der Waals surface area contributed by atoms with E-state index < -0.39 is 5.97 Å². The highest BCUT2D eigenvalue weighted by atomic mass is 32.2. The normalized spacial score (nSPS) is 17.4. The first-order chi connectivity index (χ1) is 13.2. The quantitative estimate of drug-likeness (QED) is 0.811. The molecule has 27 heavy (non-hydrogen) atoms. The van der Waals surface area contributed by atoms with Gasteiger partial charge in [-0.25, -0.2) is 4.98 Å². The van der Waals surface area contributed by atoms with E-state index in [9.17, 15) is 9.90 Å². The lowest BCUT2D eigenvalue weighted by atomic mass is 9.97. The number of thioether (sulfide) groups is 1. The smallest absolute Gasteiger partial charge is 0.306 e. The molecule has 0 radical (unpaired) electrons. The van der Waals surface area contributed by atoms with Gasteiger partial charge in [-0.05, 0) is 42.7 Å². The summed E-state index contributed by atoms with van der Waals surface area (Å²) in [6, 6.07) is 3.99. The molecule has 0 atom stereocenters. The zero-order valence-electron chi connectivity index (χ0n) is 15.1. The van der Waals surface area contributed by atoms with Crippen LogP contribution in [0.1, 0.15) is 29.7 Å². The molecule has 2 aliphatic rings. The second-order valence-electron chi connectivity index (χ2n) is 6.91. The van der Waals surface area contributed by atoms with Gasteiger partial charge in [-0.15, -0.1) is 0 Å². The van der Waals surface area contributed by atoms with E-state index >= 15 is 0 Å². The summed E-state index contributed by atoms with van der Waals surface area (Å²) >= 11 is 1.91. The molecule has 0 saturated carbocycles. The fourth-order valence-electron chi connectivity index (χ4n) is 3.52. The Morgan fingerprint density at radius 1 is 1.26 bits per heavy atom. The van der Waals surface area contributed by atoms with Gasteiger partial charge in [0.2, 0.25) is 5.95 Å². The van der Waals surface area contributed by atoms with E-state index in [0.717, 1.165) is 41.0 Å². The number of carbonyl (C=O) groups is 1. The Morgan fingerprint density at radius 2 is 2.04 bits per heavy atom. The van der Waals surface area contributed by atoms with Gasteiger partial charge in [-0.2, -0.15) is 16.7 Å². The van der Waals surface area contributed by atoms with E-state index in [2.05, 4.69) is 15.2 Å². The number of pyridine rings is 1. The first-order valence-corrected chi connectivity index (χ1v) is 10.4. The van der Waals surface area contributed by atoms with Gasteiger partial charge in [0.15, 0.2) is 0 Å². The van der Waals surface area contributed by atoms with Crippen molar-refractivity contribution < 1.29 is 9.90 Å². The van der Waals surface area contributed by atoms with Crippen molar-refractivity contribution in [2.45, 2.75) is 31.6 Å². The van der Waals surface area contributed by atoms with Crippen LogP contribution in [0, 0.1) is 5.92 Å². The first-order valence-electron chi connectivity index (χ1n) is 9.29. The third-order valence-corrected chi connectivity index (χ3v) is 6.13. The Kier molecular flexibility index (Phi) is 5.42. The maximum absolute atomic E-state index is 11.2. The minimum Gasteiger partial charge on any atom is -0.481 e. The summed E-state index contributed by atoms with van der Waals surface area (Å²) in [4.78, 5) is 27.0. The van der Waals surface area contributed by atoms with Crippen LogP contribution in [-0.4, -0.2) is 44.9 Å². The molecule has 0 spiro atoms. The Hall–Kier alpha value is -2.35. The summed E-state index contributed by atoms with van der Waals surface area (Å²) in [7, 11) is 0. The van der Waals surface area contributed by atoms with Gasteiger partial charge in [0.1, 0.15) is 5.82 Å². The van der Waals surface area contributed by atoms with Crippen molar-refractivity contribution in [2.75, 3.05) is 29.1 Å². The summed E-state index contributed by atoms with van der Waals surface area (Å²) < 4.78 is 0. The Morgan fingerprint density at radius 3 is 2.78 bits per heavy atom. The number of fused-ring (bicyclic) bond motifs is 1. The van der Waals surface area contributed by atoms with Gasteiger partial charge in [-0.3, -0.25) is 9.78 Å². The molecule has 2 aromatic heterocycles. The molecule has 0 amide bonds. The molecule has 0 unspecified atom stereocenters. The van der Waals surface area contributed by atoms with E-state index in [1.807, 2.05) is 23.9 Å². The van der Waals surface area contributed by atoms with Crippen molar-refractivity contribution in [1.29, 1.82) is 0 Å². The maximum Gasteiger partial charge on any atom is 0.306 e. The molecule has 2 aromatic rings. The topological polar surface area (TPSA) is 91.2 Å². The number of nitrogens with one attached hydrogen (secondary N) is 1. The maximum atomic E-state index is 11.2. The molecule has 8 heteroatoms. The second kappa shape index (κ2) is 8.12. The molecular formula is C19H23N5O2S. The molecule has 2 aliphatic heterocycles. The van der Waals surface area contributed by atoms with Crippen molar-refractivity contribution in [3.05, 3.63) is 41.3 Å². The number of aromatic nitrogens is 3. The van der Waals surface area contributed by atoms with Gasteiger partial charge < -0.3 is 15.3 Å². The zero-order valence-corrected chi connectivity index (χ0v) is 15.9. The minimum absolute atomic E-state index is 0.250. The molecule has 0 aliphatic carbocycles. The van der Waals surface area contributed by atoms with Crippen LogP contribution in [-0.2, 0) is 23.5 Å². The molecule has 142 valence electrons. The molecule has 0 bridgehead atoms. The molecule has 4 rings (SSSR count). The lowest BCUT2D eigenvalue weighted by Gasteiger charge is -2.31.